The van der Waals surface area contributed by atoms with E-state index in [1.807, 2.05) is 0 Å². The van der Waals surface area contributed by atoms with Crippen LogP contribution in [0.4, 0.5) is 0 Å². The second-order valence-electron chi connectivity index (χ2n) is 3.24. The molecule has 0 aromatic heterocycles. The summed E-state index contributed by atoms with van der Waals surface area (Å²) in [7, 11) is -1.44. The first kappa shape index (κ1) is 11.0. The molecule has 0 heterocycles. The lowest BCUT2D eigenvalue weighted by atomic mass is 10.2. The fourth-order valence-corrected chi connectivity index (χ4v) is 1.77. The molecule has 78 valence electrons. The summed E-state index contributed by atoms with van der Waals surface area (Å²) in [4.78, 5) is 0. The molecule has 1 atom stereocenters. The molecule has 0 saturated heterocycles. The van der Waals surface area contributed by atoms with Gasteiger partial charge in [-0.15, -0.1) is 0 Å². The highest BCUT2D eigenvalue weighted by molar-refractivity contribution is 7.90. The van der Waals surface area contributed by atoms with Crippen molar-refractivity contribution in [1.29, 1.82) is 0 Å². The lowest BCUT2D eigenvalue weighted by Crippen LogP contribution is -2.07. The van der Waals surface area contributed by atoms with Gasteiger partial charge < -0.3 is 4.74 Å². The molecule has 1 aromatic rings. The van der Waals surface area contributed by atoms with Crippen LogP contribution in [0, 0.1) is 0 Å². The van der Waals surface area contributed by atoms with Gasteiger partial charge in [-0.3, -0.25) is 0 Å². The van der Waals surface area contributed by atoms with Crippen molar-refractivity contribution < 1.29 is 13.2 Å². The van der Waals surface area contributed by atoms with Gasteiger partial charge in [0, 0.05) is 6.26 Å². The van der Waals surface area contributed by atoms with E-state index in [1.165, 1.54) is 6.26 Å². The third kappa shape index (κ3) is 2.48. The molecule has 0 amide bonds. The Hall–Kier alpha value is -1.03. The van der Waals surface area contributed by atoms with Crippen LogP contribution in [-0.4, -0.2) is 21.8 Å². The highest BCUT2D eigenvalue weighted by atomic mass is 32.2. The van der Waals surface area contributed by atoms with E-state index in [1.54, 1.807) is 38.3 Å². The van der Waals surface area contributed by atoms with Gasteiger partial charge in [0.1, 0.15) is 5.75 Å². The zero-order valence-electron chi connectivity index (χ0n) is 8.52. The second-order valence-corrected chi connectivity index (χ2v) is 5.61. The topological polar surface area (TPSA) is 43.4 Å². The van der Waals surface area contributed by atoms with Crippen LogP contribution < -0.4 is 4.74 Å². The minimum atomic E-state index is -3.02. The van der Waals surface area contributed by atoms with E-state index in [4.69, 9.17) is 4.74 Å². The minimum absolute atomic E-state index is 0.464. The second kappa shape index (κ2) is 4.00. The fraction of sp³-hybridized carbons (Fsp3) is 0.400. The maximum atomic E-state index is 11.3. The van der Waals surface area contributed by atoms with E-state index in [2.05, 4.69) is 0 Å². The molecule has 0 radical (unpaired) electrons. The Morgan fingerprint density at radius 2 is 1.71 bits per heavy atom. The highest BCUT2D eigenvalue weighted by Crippen LogP contribution is 2.22. The smallest absolute Gasteiger partial charge is 0.154 e. The van der Waals surface area contributed by atoms with E-state index in [9.17, 15) is 8.42 Å². The largest absolute Gasteiger partial charge is 0.497 e. The summed E-state index contributed by atoms with van der Waals surface area (Å²) in [5, 5.41) is -0.464. The van der Waals surface area contributed by atoms with Crippen LogP contribution >= 0.6 is 0 Å². The van der Waals surface area contributed by atoms with Crippen molar-refractivity contribution in [2.24, 2.45) is 0 Å². The fourth-order valence-electron chi connectivity index (χ4n) is 1.12. The van der Waals surface area contributed by atoms with Gasteiger partial charge in [0.05, 0.1) is 12.4 Å². The number of sulfone groups is 1. The van der Waals surface area contributed by atoms with Gasteiger partial charge in [0.15, 0.2) is 9.84 Å². The number of hydrogen-bond acceptors (Lipinski definition) is 3. The Morgan fingerprint density at radius 1 is 1.21 bits per heavy atom. The van der Waals surface area contributed by atoms with Crippen molar-refractivity contribution in [3.05, 3.63) is 29.8 Å². The maximum Gasteiger partial charge on any atom is 0.154 e. The van der Waals surface area contributed by atoms with E-state index in [0.717, 1.165) is 11.3 Å². The van der Waals surface area contributed by atoms with Gasteiger partial charge >= 0.3 is 0 Å². The van der Waals surface area contributed by atoms with Crippen LogP contribution in [0.15, 0.2) is 24.3 Å². The van der Waals surface area contributed by atoms with Crippen molar-refractivity contribution in [3.63, 3.8) is 0 Å². The van der Waals surface area contributed by atoms with Crippen molar-refractivity contribution >= 4 is 9.84 Å². The SMILES string of the molecule is COc1ccc(C(C)S(C)(=O)=O)cc1. The molecule has 4 heteroatoms. The zero-order chi connectivity index (χ0) is 10.8. The summed E-state index contributed by atoms with van der Waals surface area (Å²) in [6.07, 6.45) is 1.24. The van der Waals surface area contributed by atoms with Gasteiger partial charge in [0.25, 0.3) is 0 Å². The lowest BCUT2D eigenvalue weighted by Gasteiger charge is -2.09. The van der Waals surface area contributed by atoms with Crippen LogP contribution in [0.25, 0.3) is 0 Å². The van der Waals surface area contributed by atoms with Gasteiger partial charge in [-0.1, -0.05) is 12.1 Å². The first-order chi connectivity index (χ1) is 6.45. The molecule has 0 bridgehead atoms. The molecule has 0 aliphatic carbocycles. The Kier molecular flexibility index (Phi) is 3.16. The number of hydrogen-bond donors (Lipinski definition) is 0. The summed E-state index contributed by atoms with van der Waals surface area (Å²) < 4.78 is 27.5. The van der Waals surface area contributed by atoms with Crippen molar-refractivity contribution in [2.45, 2.75) is 12.2 Å². The maximum absolute atomic E-state index is 11.3. The average molecular weight is 214 g/mol. The van der Waals surface area contributed by atoms with Crippen molar-refractivity contribution in [2.75, 3.05) is 13.4 Å². The molecule has 1 rings (SSSR count). The van der Waals surface area contributed by atoms with Crippen molar-refractivity contribution in [3.8, 4) is 5.75 Å². The number of ether oxygens (including phenoxy) is 1. The molecular weight excluding hydrogens is 200 g/mol. The van der Waals surface area contributed by atoms with E-state index in [0.29, 0.717) is 0 Å². The molecular formula is C10H14O3S. The van der Waals surface area contributed by atoms with Crippen LogP contribution in [0.5, 0.6) is 5.75 Å². The summed E-state index contributed by atoms with van der Waals surface area (Å²) in [6.45, 7) is 1.68. The highest BCUT2D eigenvalue weighted by Gasteiger charge is 2.16. The minimum Gasteiger partial charge on any atom is -0.497 e. The van der Waals surface area contributed by atoms with E-state index in [-0.39, 0.29) is 0 Å². The van der Waals surface area contributed by atoms with Gasteiger partial charge in [-0.2, -0.15) is 0 Å². The first-order valence-corrected chi connectivity index (χ1v) is 6.23. The quantitative estimate of drug-likeness (QED) is 0.770. The summed E-state index contributed by atoms with van der Waals surface area (Å²) in [5.41, 5.74) is 0.785. The predicted molar refractivity (Wildman–Crippen MR) is 56.3 cm³/mol. The standard InChI is InChI=1S/C10H14O3S/c1-8(14(3,11)12)9-4-6-10(13-2)7-5-9/h4-8H,1-3H3. The Labute approximate surface area is 84.6 Å². The molecule has 0 aliphatic rings. The molecule has 0 saturated carbocycles. The van der Waals surface area contributed by atoms with Gasteiger partial charge in [-0.25, -0.2) is 8.42 Å². The van der Waals surface area contributed by atoms with Crippen molar-refractivity contribution in [1.82, 2.24) is 0 Å². The van der Waals surface area contributed by atoms with Crippen LogP contribution in [0.1, 0.15) is 17.7 Å². The molecule has 14 heavy (non-hydrogen) atoms. The number of methoxy groups -OCH3 is 1. The molecule has 1 unspecified atom stereocenters. The summed E-state index contributed by atoms with van der Waals surface area (Å²) in [6, 6.07) is 7.06. The van der Waals surface area contributed by atoms with E-state index < -0.39 is 15.1 Å². The lowest BCUT2D eigenvalue weighted by molar-refractivity contribution is 0.414. The average Bonchev–Trinajstić information content (AvgIpc) is 2.15. The molecule has 0 aliphatic heterocycles. The van der Waals surface area contributed by atoms with Gasteiger partial charge in [-0.05, 0) is 24.6 Å². The zero-order valence-corrected chi connectivity index (χ0v) is 9.34. The van der Waals surface area contributed by atoms with Crippen LogP contribution in [0.2, 0.25) is 0 Å². The normalized spacial score (nSPS) is 13.6. The molecule has 3 nitrogen and oxygen atoms in total. The Balaban J connectivity index is 2.98. The summed E-state index contributed by atoms with van der Waals surface area (Å²) in [5.74, 6) is 0.731. The predicted octanol–water partition coefficient (Wildman–Crippen LogP) is 1.80. The van der Waals surface area contributed by atoms with Crippen LogP contribution in [-0.2, 0) is 9.84 Å². The Bertz CT molecular complexity index is 392. The molecule has 0 N–H and O–H groups in total. The molecule has 1 aromatic carbocycles. The molecule has 0 fully saturated rings. The number of benzene rings is 1. The monoisotopic (exact) mass is 214 g/mol. The number of rotatable bonds is 3. The van der Waals surface area contributed by atoms with Crippen LogP contribution in [0.3, 0.4) is 0 Å². The third-order valence-electron chi connectivity index (χ3n) is 2.23. The first-order valence-electron chi connectivity index (χ1n) is 4.28. The third-order valence-corrected chi connectivity index (χ3v) is 3.78. The Morgan fingerprint density at radius 3 is 2.07 bits per heavy atom. The molecule has 0 spiro atoms. The summed E-state index contributed by atoms with van der Waals surface area (Å²) >= 11 is 0. The van der Waals surface area contributed by atoms with Gasteiger partial charge in [0.2, 0.25) is 0 Å². The van der Waals surface area contributed by atoms with E-state index >= 15 is 0 Å².